The maximum atomic E-state index is 12.2. The number of hydrogen-bond donors (Lipinski definition) is 2. The summed E-state index contributed by atoms with van der Waals surface area (Å²) in [6.07, 6.45) is 5.20. The van der Waals surface area contributed by atoms with Crippen LogP contribution in [0.1, 0.15) is 50.4 Å². The minimum Gasteiger partial charge on any atom is -0.368 e. The van der Waals surface area contributed by atoms with Crippen LogP contribution in [0.25, 0.3) is 0 Å². The molecule has 0 saturated heterocycles. The third-order valence-corrected chi connectivity index (χ3v) is 5.23. The largest absolute Gasteiger partial charge is 0.368 e. The molecule has 3 unspecified atom stereocenters. The average molecular weight is 373 g/mol. The van der Waals surface area contributed by atoms with E-state index in [4.69, 9.17) is 4.74 Å². The summed E-state index contributed by atoms with van der Waals surface area (Å²) in [7, 11) is 0. The van der Waals surface area contributed by atoms with Crippen molar-refractivity contribution in [1.82, 2.24) is 5.32 Å². The van der Waals surface area contributed by atoms with Gasteiger partial charge in [0.1, 0.15) is 6.61 Å². The zero-order chi connectivity index (χ0) is 19.8. The molecular formula is C22H32N2O3. The average Bonchev–Trinajstić information content (AvgIpc) is 2.64. The SMILES string of the molecule is C=CCNC(=O)c1ccc(NC(=O)COC2CC(C)CCC2C(C)C)cc1. The minimum absolute atomic E-state index is 0.0577. The maximum absolute atomic E-state index is 12.2. The smallest absolute Gasteiger partial charge is 0.251 e. The minimum atomic E-state index is -0.167. The summed E-state index contributed by atoms with van der Waals surface area (Å²) < 4.78 is 5.98. The summed E-state index contributed by atoms with van der Waals surface area (Å²) in [6, 6.07) is 6.82. The first-order valence-corrected chi connectivity index (χ1v) is 9.81. The van der Waals surface area contributed by atoms with Crippen molar-refractivity contribution in [3.8, 4) is 0 Å². The molecular weight excluding hydrogens is 340 g/mol. The molecule has 1 aliphatic rings. The Kier molecular flexibility index (Phi) is 8.04. The van der Waals surface area contributed by atoms with Crippen LogP contribution in [0.15, 0.2) is 36.9 Å². The molecule has 0 bridgehead atoms. The van der Waals surface area contributed by atoms with Crippen molar-refractivity contribution < 1.29 is 14.3 Å². The van der Waals surface area contributed by atoms with E-state index in [1.54, 1.807) is 30.3 Å². The molecule has 2 N–H and O–H groups in total. The summed E-state index contributed by atoms with van der Waals surface area (Å²) in [5.74, 6) is 1.39. The molecule has 1 aliphatic carbocycles. The van der Waals surface area contributed by atoms with E-state index in [0.717, 1.165) is 6.42 Å². The predicted molar refractivity (Wildman–Crippen MR) is 109 cm³/mol. The number of nitrogens with one attached hydrogen (secondary N) is 2. The van der Waals surface area contributed by atoms with Crippen LogP contribution in [-0.2, 0) is 9.53 Å². The molecule has 148 valence electrons. The number of hydrogen-bond acceptors (Lipinski definition) is 3. The molecule has 0 radical (unpaired) electrons. The lowest BCUT2D eigenvalue weighted by Gasteiger charge is -2.37. The Morgan fingerprint density at radius 1 is 1.26 bits per heavy atom. The third-order valence-electron chi connectivity index (χ3n) is 5.23. The van der Waals surface area contributed by atoms with Crippen molar-refractivity contribution in [1.29, 1.82) is 0 Å². The van der Waals surface area contributed by atoms with E-state index < -0.39 is 0 Å². The highest BCUT2D eigenvalue weighted by Crippen LogP contribution is 2.35. The summed E-state index contributed by atoms with van der Waals surface area (Å²) in [5, 5.41) is 5.55. The van der Waals surface area contributed by atoms with Crippen LogP contribution < -0.4 is 10.6 Å². The van der Waals surface area contributed by atoms with Gasteiger partial charge >= 0.3 is 0 Å². The van der Waals surface area contributed by atoms with Crippen LogP contribution in [0, 0.1) is 17.8 Å². The molecule has 1 aromatic rings. The molecule has 5 nitrogen and oxygen atoms in total. The molecule has 0 heterocycles. The Bertz CT molecular complexity index is 639. The first-order chi connectivity index (χ1) is 12.9. The van der Waals surface area contributed by atoms with Crippen LogP contribution in [0.4, 0.5) is 5.69 Å². The van der Waals surface area contributed by atoms with Crippen molar-refractivity contribution in [2.24, 2.45) is 17.8 Å². The lowest BCUT2D eigenvalue weighted by Crippen LogP contribution is -2.36. The molecule has 0 aliphatic heterocycles. The molecule has 0 spiro atoms. The second-order valence-corrected chi connectivity index (χ2v) is 7.80. The Hall–Kier alpha value is -2.14. The second-order valence-electron chi connectivity index (χ2n) is 7.80. The lowest BCUT2D eigenvalue weighted by molar-refractivity contribution is -0.126. The Morgan fingerprint density at radius 3 is 2.59 bits per heavy atom. The standard InChI is InChI=1S/C22H32N2O3/c1-5-12-23-22(26)17-7-9-18(10-8-17)24-21(25)14-27-20-13-16(4)6-11-19(20)15(2)3/h5,7-10,15-16,19-20H,1,6,11-14H2,2-4H3,(H,23,26)(H,24,25). The number of ether oxygens (including phenoxy) is 1. The van der Waals surface area contributed by atoms with Crippen molar-refractivity contribution in [3.63, 3.8) is 0 Å². The fourth-order valence-corrected chi connectivity index (χ4v) is 3.66. The van der Waals surface area contributed by atoms with Crippen molar-refractivity contribution in [2.45, 2.75) is 46.1 Å². The lowest BCUT2D eigenvalue weighted by atomic mass is 9.75. The fraction of sp³-hybridized carbons (Fsp3) is 0.545. The van der Waals surface area contributed by atoms with Gasteiger partial charge in [-0.1, -0.05) is 33.3 Å². The molecule has 1 fully saturated rings. The molecule has 5 heteroatoms. The van der Waals surface area contributed by atoms with E-state index in [-0.39, 0.29) is 24.5 Å². The van der Waals surface area contributed by atoms with Gasteiger partial charge in [-0.05, 0) is 54.9 Å². The number of carbonyl (C=O) groups excluding carboxylic acids is 2. The van der Waals surface area contributed by atoms with Gasteiger partial charge in [0.15, 0.2) is 0 Å². The van der Waals surface area contributed by atoms with Crippen molar-refractivity contribution in [3.05, 3.63) is 42.5 Å². The van der Waals surface area contributed by atoms with Crippen LogP contribution in [0.3, 0.4) is 0 Å². The Labute approximate surface area is 162 Å². The summed E-state index contributed by atoms with van der Waals surface area (Å²) in [6.45, 7) is 10.8. The van der Waals surface area contributed by atoms with Crippen LogP contribution in [0.2, 0.25) is 0 Å². The number of rotatable bonds is 8. The zero-order valence-electron chi connectivity index (χ0n) is 16.7. The van der Waals surface area contributed by atoms with Crippen molar-refractivity contribution >= 4 is 17.5 Å². The van der Waals surface area contributed by atoms with Crippen molar-refractivity contribution in [2.75, 3.05) is 18.5 Å². The molecule has 1 saturated carbocycles. The topological polar surface area (TPSA) is 67.4 Å². The quantitative estimate of drug-likeness (QED) is 0.677. The molecule has 3 atom stereocenters. The van der Waals surface area contributed by atoms with Gasteiger partial charge in [-0.25, -0.2) is 0 Å². The number of benzene rings is 1. The summed E-state index contributed by atoms with van der Waals surface area (Å²) in [4.78, 5) is 24.1. The van der Waals surface area contributed by atoms with Gasteiger partial charge in [-0.15, -0.1) is 6.58 Å². The van der Waals surface area contributed by atoms with Gasteiger partial charge < -0.3 is 15.4 Å². The van der Waals surface area contributed by atoms with E-state index in [1.165, 1.54) is 12.8 Å². The predicted octanol–water partition coefficient (Wildman–Crippen LogP) is 4.02. The van der Waals surface area contributed by atoms with Crippen LogP contribution in [0.5, 0.6) is 0 Å². The molecule has 1 aromatic carbocycles. The van der Waals surface area contributed by atoms with Gasteiger partial charge in [0.2, 0.25) is 5.91 Å². The van der Waals surface area contributed by atoms with E-state index in [1.807, 2.05) is 0 Å². The highest BCUT2D eigenvalue weighted by Gasteiger charge is 2.31. The van der Waals surface area contributed by atoms with Gasteiger partial charge in [0.05, 0.1) is 6.10 Å². The van der Waals surface area contributed by atoms with Gasteiger partial charge in [-0.2, -0.15) is 0 Å². The Balaban J connectivity index is 1.84. The highest BCUT2D eigenvalue weighted by molar-refractivity contribution is 5.96. The first kappa shape index (κ1) is 21.2. The monoisotopic (exact) mass is 372 g/mol. The molecule has 2 amide bonds. The van der Waals surface area contributed by atoms with Gasteiger partial charge in [0.25, 0.3) is 5.91 Å². The van der Waals surface area contributed by atoms with E-state index in [9.17, 15) is 9.59 Å². The summed E-state index contributed by atoms with van der Waals surface area (Å²) >= 11 is 0. The third kappa shape index (κ3) is 6.51. The van der Waals surface area contributed by atoms with Gasteiger partial charge in [-0.3, -0.25) is 9.59 Å². The van der Waals surface area contributed by atoms with Crippen LogP contribution >= 0.6 is 0 Å². The molecule has 2 rings (SSSR count). The normalized spacial score (nSPS) is 22.3. The fourth-order valence-electron chi connectivity index (χ4n) is 3.66. The highest BCUT2D eigenvalue weighted by atomic mass is 16.5. The maximum Gasteiger partial charge on any atom is 0.251 e. The number of amides is 2. The van der Waals surface area contributed by atoms with E-state index in [0.29, 0.717) is 35.5 Å². The number of carbonyl (C=O) groups is 2. The van der Waals surface area contributed by atoms with Crippen LogP contribution in [-0.4, -0.2) is 31.1 Å². The van der Waals surface area contributed by atoms with E-state index in [2.05, 4.69) is 38.0 Å². The summed E-state index contributed by atoms with van der Waals surface area (Å²) in [5.41, 5.74) is 1.20. The van der Waals surface area contributed by atoms with Gasteiger partial charge in [0, 0.05) is 17.8 Å². The molecule has 27 heavy (non-hydrogen) atoms. The number of anilines is 1. The van der Waals surface area contributed by atoms with E-state index >= 15 is 0 Å². The zero-order valence-corrected chi connectivity index (χ0v) is 16.7. The first-order valence-electron chi connectivity index (χ1n) is 9.81. The molecule has 0 aromatic heterocycles. The Morgan fingerprint density at radius 2 is 1.96 bits per heavy atom. The second kappa shape index (κ2) is 10.3.